The van der Waals surface area contributed by atoms with Crippen LogP contribution < -0.4 is 5.32 Å². The molecule has 0 radical (unpaired) electrons. The van der Waals surface area contributed by atoms with Crippen molar-refractivity contribution in [2.75, 3.05) is 6.54 Å². The predicted molar refractivity (Wildman–Crippen MR) is 86.8 cm³/mol. The van der Waals surface area contributed by atoms with Crippen LogP contribution in [0.15, 0.2) is 54.7 Å². The van der Waals surface area contributed by atoms with Crippen molar-refractivity contribution < 1.29 is 4.79 Å². The number of benzene rings is 2. The number of aromatic nitrogens is 2. The second-order valence-electron chi connectivity index (χ2n) is 5.24. The van der Waals surface area contributed by atoms with E-state index >= 15 is 0 Å². The van der Waals surface area contributed by atoms with Crippen molar-refractivity contribution in [1.82, 2.24) is 15.3 Å². The average Bonchev–Trinajstić information content (AvgIpc) is 2.56. The third-order valence-electron chi connectivity index (χ3n) is 3.50. The molecule has 1 aromatic heterocycles. The number of carbonyl (C=O) groups is 1. The summed E-state index contributed by atoms with van der Waals surface area (Å²) in [6.07, 6.45) is 2.32. The average molecular weight is 291 g/mol. The van der Waals surface area contributed by atoms with Gasteiger partial charge in [0, 0.05) is 6.54 Å². The maximum absolute atomic E-state index is 12.1. The zero-order chi connectivity index (χ0) is 15.4. The summed E-state index contributed by atoms with van der Waals surface area (Å²) in [6.45, 7) is 2.64. The largest absolute Gasteiger partial charge is 0.350 e. The second-order valence-corrected chi connectivity index (χ2v) is 5.24. The summed E-state index contributed by atoms with van der Waals surface area (Å²) >= 11 is 0. The number of rotatable bonds is 4. The molecule has 0 saturated heterocycles. The monoisotopic (exact) mass is 291 g/mol. The van der Waals surface area contributed by atoms with E-state index in [2.05, 4.69) is 46.5 Å². The molecule has 1 heterocycles. The van der Waals surface area contributed by atoms with E-state index in [4.69, 9.17) is 0 Å². The number of nitrogens with zero attached hydrogens (tertiary/aromatic N) is 2. The van der Waals surface area contributed by atoms with Crippen molar-refractivity contribution >= 4 is 16.9 Å². The Balaban J connectivity index is 1.62. The molecule has 4 nitrogen and oxygen atoms in total. The van der Waals surface area contributed by atoms with Gasteiger partial charge in [0.05, 0.1) is 17.2 Å². The van der Waals surface area contributed by atoms with Gasteiger partial charge in [-0.3, -0.25) is 9.78 Å². The highest BCUT2D eigenvalue weighted by atomic mass is 16.1. The van der Waals surface area contributed by atoms with Crippen molar-refractivity contribution in [3.8, 4) is 0 Å². The number of aryl methyl sites for hydroxylation is 1. The van der Waals surface area contributed by atoms with E-state index in [1.54, 1.807) is 0 Å². The Bertz CT molecular complexity index is 797. The van der Waals surface area contributed by atoms with Crippen LogP contribution in [0.5, 0.6) is 0 Å². The van der Waals surface area contributed by atoms with E-state index in [-0.39, 0.29) is 5.91 Å². The highest BCUT2D eigenvalue weighted by molar-refractivity contribution is 5.93. The first-order valence-corrected chi connectivity index (χ1v) is 7.28. The molecule has 2 aromatic carbocycles. The SMILES string of the molecule is Cc1ccc(CCNC(=O)c2cnc3ccccc3n2)cc1. The van der Waals surface area contributed by atoms with Gasteiger partial charge in [-0.2, -0.15) is 0 Å². The van der Waals surface area contributed by atoms with Gasteiger partial charge in [-0.05, 0) is 31.0 Å². The van der Waals surface area contributed by atoms with Gasteiger partial charge < -0.3 is 5.32 Å². The fraction of sp³-hybridized carbons (Fsp3) is 0.167. The molecule has 22 heavy (non-hydrogen) atoms. The number of hydrogen-bond donors (Lipinski definition) is 1. The first kappa shape index (κ1) is 14.2. The van der Waals surface area contributed by atoms with E-state index in [0.29, 0.717) is 12.2 Å². The molecule has 3 aromatic rings. The Morgan fingerprint density at radius 3 is 2.55 bits per heavy atom. The summed E-state index contributed by atoms with van der Waals surface area (Å²) in [5, 5.41) is 2.89. The van der Waals surface area contributed by atoms with Crippen LogP contribution in [0, 0.1) is 6.92 Å². The van der Waals surface area contributed by atoms with Crippen LogP contribution in [-0.4, -0.2) is 22.4 Å². The van der Waals surface area contributed by atoms with Crippen molar-refractivity contribution in [3.05, 3.63) is 71.5 Å². The van der Waals surface area contributed by atoms with Crippen molar-refractivity contribution in [1.29, 1.82) is 0 Å². The van der Waals surface area contributed by atoms with E-state index in [0.717, 1.165) is 17.5 Å². The third kappa shape index (κ3) is 3.28. The summed E-state index contributed by atoms with van der Waals surface area (Å²) in [7, 11) is 0. The van der Waals surface area contributed by atoms with Crippen molar-refractivity contribution in [2.45, 2.75) is 13.3 Å². The van der Waals surface area contributed by atoms with Crippen molar-refractivity contribution in [2.24, 2.45) is 0 Å². The van der Waals surface area contributed by atoms with Crippen LogP contribution in [0.3, 0.4) is 0 Å². The molecular formula is C18H17N3O. The Kier molecular flexibility index (Phi) is 4.10. The summed E-state index contributed by atoms with van der Waals surface area (Å²) in [5.74, 6) is -0.189. The van der Waals surface area contributed by atoms with Crippen LogP contribution in [0.25, 0.3) is 11.0 Å². The number of hydrogen-bond acceptors (Lipinski definition) is 3. The summed E-state index contributed by atoms with van der Waals surface area (Å²) in [4.78, 5) is 20.7. The molecule has 110 valence electrons. The predicted octanol–water partition coefficient (Wildman–Crippen LogP) is 2.91. The molecular weight excluding hydrogens is 274 g/mol. The standard InChI is InChI=1S/C18H17N3O/c1-13-6-8-14(9-7-13)10-11-19-18(22)17-12-20-15-4-2-3-5-16(15)21-17/h2-9,12H,10-11H2,1H3,(H,19,22). The Morgan fingerprint density at radius 2 is 1.77 bits per heavy atom. The van der Waals surface area contributed by atoms with E-state index in [1.165, 1.54) is 17.3 Å². The second kappa shape index (κ2) is 6.35. The molecule has 0 fully saturated rings. The molecule has 3 rings (SSSR count). The summed E-state index contributed by atoms with van der Waals surface area (Å²) < 4.78 is 0. The fourth-order valence-electron chi connectivity index (χ4n) is 2.23. The van der Waals surface area contributed by atoms with Crippen molar-refractivity contribution in [3.63, 3.8) is 0 Å². The van der Waals surface area contributed by atoms with E-state index in [1.807, 2.05) is 24.3 Å². The zero-order valence-electron chi connectivity index (χ0n) is 12.4. The molecule has 1 amide bonds. The molecule has 0 aliphatic carbocycles. The lowest BCUT2D eigenvalue weighted by molar-refractivity contribution is 0.0949. The number of fused-ring (bicyclic) bond motifs is 1. The van der Waals surface area contributed by atoms with Gasteiger partial charge in [0.2, 0.25) is 0 Å². The molecule has 1 N–H and O–H groups in total. The molecule has 0 atom stereocenters. The molecule has 0 aliphatic heterocycles. The van der Waals surface area contributed by atoms with Gasteiger partial charge >= 0.3 is 0 Å². The lowest BCUT2D eigenvalue weighted by atomic mass is 10.1. The summed E-state index contributed by atoms with van der Waals surface area (Å²) in [5.41, 5.74) is 4.31. The quantitative estimate of drug-likeness (QED) is 0.804. The number of amides is 1. The lowest BCUT2D eigenvalue weighted by Gasteiger charge is -2.06. The van der Waals surface area contributed by atoms with E-state index < -0.39 is 0 Å². The minimum atomic E-state index is -0.189. The fourth-order valence-corrected chi connectivity index (χ4v) is 2.23. The van der Waals surface area contributed by atoms with Gasteiger partial charge in [-0.25, -0.2) is 4.98 Å². The molecule has 0 bridgehead atoms. The maximum Gasteiger partial charge on any atom is 0.271 e. The van der Waals surface area contributed by atoms with E-state index in [9.17, 15) is 4.79 Å². The smallest absolute Gasteiger partial charge is 0.271 e. The first-order chi connectivity index (χ1) is 10.7. The van der Waals surface area contributed by atoms with Crippen LogP contribution in [-0.2, 0) is 6.42 Å². The van der Waals surface area contributed by atoms with Gasteiger partial charge in [-0.1, -0.05) is 42.0 Å². The molecule has 0 saturated carbocycles. The highest BCUT2D eigenvalue weighted by Gasteiger charge is 2.08. The Morgan fingerprint density at radius 1 is 1.05 bits per heavy atom. The third-order valence-corrected chi connectivity index (χ3v) is 3.50. The minimum Gasteiger partial charge on any atom is -0.350 e. The van der Waals surface area contributed by atoms with Crippen LogP contribution in [0.1, 0.15) is 21.6 Å². The van der Waals surface area contributed by atoms with Gasteiger partial charge in [0.25, 0.3) is 5.91 Å². The Hall–Kier alpha value is -2.75. The minimum absolute atomic E-state index is 0.189. The topological polar surface area (TPSA) is 54.9 Å². The lowest BCUT2D eigenvalue weighted by Crippen LogP contribution is -2.26. The zero-order valence-corrected chi connectivity index (χ0v) is 12.4. The molecule has 4 heteroatoms. The molecule has 0 aliphatic rings. The molecule has 0 unspecified atom stereocenters. The Labute approximate surface area is 129 Å². The van der Waals surface area contributed by atoms with Gasteiger partial charge in [0.1, 0.15) is 5.69 Å². The number of para-hydroxylation sites is 2. The van der Waals surface area contributed by atoms with Crippen LogP contribution >= 0.6 is 0 Å². The van der Waals surface area contributed by atoms with Gasteiger partial charge in [0.15, 0.2) is 0 Å². The number of carbonyl (C=O) groups excluding carboxylic acids is 1. The molecule has 0 spiro atoms. The summed E-state index contributed by atoms with van der Waals surface area (Å²) in [6, 6.07) is 15.8. The van der Waals surface area contributed by atoms with Crippen LogP contribution in [0.2, 0.25) is 0 Å². The van der Waals surface area contributed by atoms with Crippen LogP contribution in [0.4, 0.5) is 0 Å². The maximum atomic E-state index is 12.1. The van der Waals surface area contributed by atoms with Gasteiger partial charge in [-0.15, -0.1) is 0 Å². The normalized spacial score (nSPS) is 10.6. The highest BCUT2D eigenvalue weighted by Crippen LogP contribution is 2.08. The number of nitrogens with one attached hydrogen (secondary N) is 1. The first-order valence-electron chi connectivity index (χ1n) is 7.28.